The molecule has 2 aromatic carbocycles. The lowest BCUT2D eigenvalue weighted by Crippen LogP contribution is -2.11. The van der Waals surface area contributed by atoms with Crippen molar-refractivity contribution in [2.24, 2.45) is 0 Å². The quantitative estimate of drug-likeness (QED) is 0.794. The molecule has 1 heterocycles. The minimum atomic E-state index is -0.148. The van der Waals surface area contributed by atoms with Gasteiger partial charge in [0.15, 0.2) is 0 Å². The van der Waals surface area contributed by atoms with Crippen molar-refractivity contribution in [1.82, 2.24) is 10.1 Å². The molecule has 0 bridgehead atoms. The third-order valence-corrected chi connectivity index (χ3v) is 3.55. The van der Waals surface area contributed by atoms with E-state index >= 15 is 0 Å². The van der Waals surface area contributed by atoms with Crippen LogP contribution in [0, 0.1) is 6.92 Å². The molecule has 0 aliphatic carbocycles. The minimum Gasteiger partial charge on any atom is -0.339 e. The van der Waals surface area contributed by atoms with E-state index in [0.717, 1.165) is 17.7 Å². The van der Waals surface area contributed by atoms with E-state index in [1.807, 2.05) is 24.3 Å². The second kappa shape index (κ2) is 6.44. The number of nitrogens with one attached hydrogen (secondary N) is 1. The fraction of sp³-hybridized carbons (Fsp3) is 0.167. The van der Waals surface area contributed by atoms with Crippen LogP contribution < -0.4 is 5.32 Å². The fourth-order valence-corrected chi connectivity index (χ4v) is 2.21. The maximum absolute atomic E-state index is 12.3. The van der Waals surface area contributed by atoms with Crippen LogP contribution in [0.2, 0.25) is 0 Å². The topological polar surface area (TPSA) is 68.0 Å². The minimum absolute atomic E-state index is 0.148. The van der Waals surface area contributed by atoms with Gasteiger partial charge in [-0.2, -0.15) is 4.98 Å². The lowest BCUT2D eigenvalue weighted by molar-refractivity contribution is 0.102. The van der Waals surface area contributed by atoms with Gasteiger partial charge >= 0.3 is 0 Å². The molecule has 0 radical (unpaired) electrons. The van der Waals surface area contributed by atoms with Crippen LogP contribution in [0.3, 0.4) is 0 Å². The van der Waals surface area contributed by atoms with Gasteiger partial charge in [0.25, 0.3) is 5.91 Å². The van der Waals surface area contributed by atoms with E-state index in [1.54, 1.807) is 31.2 Å². The van der Waals surface area contributed by atoms with Crippen LogP contribution in [-0.2, 0) is 6.42 Å². The molecule has 5 heteroatoms. The average Bonchev–Trinajstić information content (AvgIpc) is 3.02. The van der Waals surface area contributed by atoms with Crippen LogP contribution in [0.5, 0.6) is 0 Å². The Morgan fingerprint density at radius 2 is 1.78 bits per heavy atom. The van der Waals surface area contributed by atoms with Crippen LogP contribution in [0.25, 0.3) is 11.4 Å². The molecule has 1 N–H and O–H groups in total. The maximum Gasteiger partial charge on any atom is 0.255 e. The number of aryl methyl sites for hydroxylation is 2. The van der Waals surface area contributed by atoms with E-state index in [-0.39, 0.29) is 5.91 Å². The van der Waals surface area contributed by atoms with Crippen molar-refractivity contribution in [2.75, 3.05) is 5.32 Å². The Bertz CT molecular complexity index is 805. The van der Waals surface area contributed by atoms with Crippen molar-refractivity contribution < 1.29 is 9.32 Å². The number of hydrogen-bond donors (Lipinski definition) is 1. The normalized spacial score (nSPS) is 10.5. The van der Waals surface area contributed by atoms with E-state index in [9.17, 15) is 4.79 Å². The lowest BCUT2D eigenvalue weighted by Gasteiger charge is -2.06. The molecule has 1 amide bonds. The highest BCUT2D eigenvalue weighted by atomic mass is 16.5. The number of hydrogen-bond acceptors (Lipinski definition) is 4. The first-order chi connectivity index (χ1) is 11.2. The van der Waals surface area contributed by atoms with Crippen molar-refractivity contribution in [3.8, 4) is 11.4 Å². The van der Waals surface area contributed by atoms with Crippen molar-refractivity contribution >= 4 is 11.6 Å². The van der Waals surface area contributed by atoms with Crippen molar-refractivity contribution in [1.29, 1.82) is 0 Å². The second-order valence-electron chi connectivity index (χ2n) is 5.22. The molecular formula is C18H17N3O2. The zero-order chi connectivity index (χ0) is 16.2. The predicted molar refractivity (Wildman–Crippen MR) is 88.2 cm³/mol. The van der Waals surface area contributed by atoms with Gasteiger partial charge in [0.1, 0.15) is 0 Å². The van der Waals surface area contributed by atoms with Gasteiger partial charge < -0.3 is 9.84 Å². The van der Waals surface area contributed by atoms with E-state index in [0.29, 0.717) is 17.3 Å². The summed E-state index contributed by atoms with van der Waals surface area (Å²) in [6, 6.07) is 14.9. The third-order valence-electron chi connectivity index (χ3n) is 3.55. The highest BCUT2D eigenvalue weighted by Gasteiger charge is 2.09. The number of nitrogens with zero attached hydrogens (tertiary/aromatic N) is 2. The summed E-state index contributed by atoms with van der Waals surface area (Å²) in [6.07, 6.45) is 0.977. The summed E-state index contributed by atoms with van der Waals surface area (Å²) >= 11 is 0. The molecular weight excluding hydrogens is 290 g/mol. The van der Waals surface area contributed by atoms with Crippen molar-refractivity contribution in [3.05, 3.63) is 65.5 Å². The molecule has 23 heavy (non-hydrogen) atoms. The maximum atomic E-state index is 12.3. The summed E-state index contributed by atoms with van der Waals surface area (Å²) in [5, 5.41) is 6.74. The molecule has 116 valence electrons. The van der Waals surface area contributed by atoms with Gasteiger partial charge in [-0.1, -0.05) is 36.3 Å². The Balaban J connectivity index is 1.72. The molecule has 0 spiro atoms. The first-order valence-corrected chi connectivity index (χ1v) is 7.47. The van der Waals surface area contributed by atoms with E-state index in [2.05, 4.69) is 22.4 Å². The Morgan fingerprint density at radius 3 is 2.35 bits per heavy atom. The van der Waals surface area contributed by atoms with Crippen molar-refractivity contribution in [3.63, 3.8) is 0 Å². The van der Waals surface area contributed by atoms with E-state index in [1.165, 1.54) is 5.56 Å². The number of aromatic nitrogens is 2. The van der Waals surface area contributed by atoms with E-state index < -0.39 is 0 Å². The first kappa shape index (κ1) is 15.0. The van der Waals surface area contributed by atoms with Crippen LogP contribution in [0.15, 0.2) is 53.1 Å². The largest absolute Gasteiger partial charge is 0.339 e. The first-order valence-electron chi connectivity index (χ1n) is 7.47. The Hall–Kier alpha value is -2.95. The summed E-state index contributed by atoms with van der Waals surface area (Å²) in [6.45, 7) is 3.84. The van der Waals surface area contributed by atoms with Gasteiger partial charge in [0.2, 0.25) is 11.7 Å². The third kappa shape index (κ3) is 3.45. The van der Waals surface area contributed by atoms with Gasteiger partial charge in [-0.3, -0.25) is 4.79 Å². The monoisotopic (exact) mass is 307 g/mol. The standard InChI is InChI=1S/C18H17N3O2/c1-3-13-4-10-16(11-5-13)20-18(22)15-8-6-14(7-9-15)17-19-12(2)23-21-17/h4-11H,3H2,1-2H3,(H,20,22). The molecule has 0 unspecified atom stereocenters. The smallest absolute Gasteiger partial charge is 0.255 e. The summed E-state index contributed by atoms with van der Waals surface area (Å²) in [5.74, 6) is 0.882. The van der Waals surface area contributed by atoms with Gasteiger partial charge in [-0.15, -0.1) is 0 Å². The van der Waals surface area contributed by atoms with Crippen LogP contribution in [-0.4, -0.2) is 16.0 Å². The number of benzene rings is 2. The number of rotatable bonds is 4. The number of carbonyl (C=O) groups is 1. The Kier molecular flexibility index (Phi) is 4.19. The second-order valence-corrected chi connectivity index (χ2v) is 5.22. The van der Waals surface area contributed by atoms with E-state index in [4.69, 9.17) is 4.52 Å². The Morgan fingerprint density at radius 1 is 1.09 bits per heavy atom. The summed E-state index contributed by atoms with van der Waals surface area (Å²) in [5.41, 5.74) is 3.41. The number of anilines is 1. The number of amides is 1. The molecule has 3 rings (SSSR count). The predicted octanol–water partition coefficient (Wildman–Crippen LogP) is 3.86. The van der Waals surface area contributed by atoms with Gasteiger partial charge in [0.05, 0.1) is 0 Å². The molecule has 1 aromatic heterocycles. The van der Waals surface area contributed by atoms with Gasteiger partial charge in [-0.25, -0.2) is 0 Å². The molecule has 0 aliphatic heterocycles. The molecule has 0 saturated carbocycles. The van der Waals surface area contributed by atoms with Crippen LogP contribution in [0.4, 0.5) is 5.69 Å². The highest BCUT2D eigenvalue weighted by Crippen LogP contribution is 2.17. The van der Waals surface area contributed by atoms with Gasteiger partial charge in [-0.05, 0) is 36.2 Å². The Labute approximate surface area is 134 Å². The lowest BCUT2D eigenvalue weighted by atomic mass is 10.1. The van der Waals surface area contributed by atoms with Crippen LogP contribution >= 0.6 is 0 Å². The summed E-state index contributed by atoms with van der Waals surface area (Å²) in [7, 11) is 0. The molecule has 3 aromatic rings. The zero-order valence-electron chi connectivity index (χ0n) is 13.0. The molecule has 0 fully saturated rings. The highest BCUT2D eigenvalue weighted by molar-refractivity contribution is 6.04. The molecule has 0 aliphatic rings. The fourth-order valence-electron chi connectivity index (χ4n) is 2.21. The SMILES string of the molecule is CCc1ccc(NC(=O)c2ccc(-c3noc(C)n3)cc2)cc1. The zero-order valence-corrected chi connectivity index (χ0v) is 13.0. The van der Waals surface area contributed by atoms with Crippen LogP contribution in [0.1, 0.15) is 28.7 Å². The number of carbonyl (C=O) groups excluding carboxylic acids is 1. The summed E-state index contributed by atoms with van der Waals surface area (Å²) in [4.78, 5) is 16.4. The van der Waals surface area contributed by atoms with Crippen molar-refractivity contribution in [2.45, 2.75) is 20.3 Å². The molecule has 0 atom stereocenters. The molecule has 0 saturated heterocycles. The summed E-state index contributed by atoms with van der Waals surface area (Å²) < 4.78 is 4.95. The molecule has 5 nitrogen and oxygen atoms in total. The van der Waals surface area contributed by atoms with Gasteiger partial charge in [0, 0.05) is 23.7 Å². The average molecular weight is 307 g/mol.